The van der Waals surface area contributed by atoms with Crippen LogP contribution in [0, 0.1) is 12.3 Å². The van der Waals surface area contributed by atoms with Crippen molar-refractivity contribution in [3.63, 3.8) is 0 Å². The second-order valence-corrected chi connectivity index (χ2v) is 5.16. The Bertz CT molecular complexity index is 182. The van der Waals surface area contributed by atoms with Gasteiger partial charge >= 0.3 is 0 Å². The Labute approximate surface area is 109 Å². The highest BCUT2D eigenvalue weighted by molar-refractivity contribution is 4.89. The SMILES string of the molecule is C#CCC(C)NC(CCCCC)CCCCC. The van der Waals surface area contributed by atoms with E-state index >= 15 is 0 Å². The minimum absolute atomic E-state index is 0.466. The predicted molar refractivity (Wildman–Crippen MR) is 78.1 cm³/mol. The standard InChI is InChI=1S/C16H31N/c1-5-8-10-13-16(14-11-9-6-2)17-15(4)12-7-3/h3,15-17H,5-6,8-14H2,1-2,4H3. The molecule has 0 aromatic carbocycles. The Balaban J connectivity index is 3.87. The van der Waals surface area contributed by atoms with Crippen LogP contribution in [0.4, 0.5) is 0 Å². The van der Waals surface area contributed by atoms with E-state index in [2.05, 4.69) is 32.0 Å². The number of hydrogen-bond donors (Lipinski definition) is 1. The molecule has 0 spiro atoms. The molecule has 0 aromatic rings. The predicted octanol–water partition coefficient (Wildman–Crippen LogP) is 4.52. The van der Waals surface area contributed by atoms with Gasteiger partial charge < -0.3 is 5.32 Å². The molecule has 1 atom stereocenters. The first-order valence-corrected chi connectivity index (χ1v) is 7.44. The van der Waals surface area contributed by atoms with Crippen LogP contribution >= 0.6 is 0 Å². The summed E-state index contributed by atoms with van der Waals surface area (Å²) >= 11 is 0. The zero-order chi connectivity index (χ0) is 12.9. The van der Waals surface area contributed by atoms with Gasteiger partial charge in [-0.15, -0.1) is 12.3 Å². The van der Waals surface area contributed by atoms with E-state index in [1.807, 2.05) is 0 Å². The minimum atomic E-state index is 0.466. The lowest BCUT2D eigenvalue weighted by molar-refractivity contribution is 0.382. The molecule has 0 aliphatic heterocycles. The first-order valence-electron chi connectivity index (χ1n) is 7.44. The maximum absolute atomic E-state index is 5.36. The molecule has 100 valence electrons. The molecule has 0 aromatic heterocycles. The lowest BCUT2D eigenvalue weighted by Crippen LogP contribution is -2.36. The van der Waals surface area contributed by atoms with E-state index in [9.17, 15) is 0 Å². The molecule has 0 amide bonds. The van der Waals surface area contributed by atoms with Gasteiger partial charge in [-0.1, -0.05) is 52.4 Å². The Hall–Kier alpha value is -0.480. The molecular formula is C16H31N. The number of rotatable bonds is 11. The smallest absolute Gasteiger partial charge is 0.0238 e. The van der Waals surface area contributed by atoms with E-state index in [-0.39, 0.29) is 0 Å². The molecule has 0 radical (unpaired) electrons. The third-order valence-electron chi connectivity index (χ3n) is 3.26. The molecule has 1 heteroatoms. The van der Waals surface area contributed by atoms with Crippen LogP contribution in [0.15, 0.2) is 0 Å². The summed E-state index contributed by atoms with van der Waals surface area (Å²) in [6.45, 7) is 6.73. The topological polar surface area (TPSA) is 12.0 Å². The van der Waals surface area contributed by atoms with Crippen molar-refractivity contribution in [2.24, 2.45) is 0 Å². The summed E-state index contributed by atoms with van der Waals surface area (Å²) in [6, 6.07) is 1.14. The lowest BCUT2D eigenvalue weighted by atomic mass is 10.0. The van der Waals surface area contributed by atoms with Crippen molar-refractivity contribution in [3.05, 3.63) is 0 Å². The van der Waals surface area contributed by atoms with E-state index in [0.717, 1.165) is 6.42 Å². The molecule has 1 nitrogen and oxygen atoms in total. The largest absolute Gasteiger partial charge is 0.311 e. The molecule has 1 unspecified atom stereocenters. The lowest BCUT2D eigenvalue weighted by Gasteiger charge is -2.22. The Morgan fingerprint density at radius 3 is 1.94 bits per heavy atom. The van der Waals surface area contributed by atoms with Gasteiger partial charge in [-0.3, -0.25) is 0 Å². The number of terminal acetylenes is 1. The van der Waals surface area contributed by atoms with E-state index in [1.54, 1.807) is 0 Å². The molecule has 0 aliphatic carbocycles. The van der Waals surface area contributed by atoms with Gasteiger partial charge in [0.15, 0.2) is 0 Å². The first kappa shape index (κ1) is 16.5. The summed E-state index contributed by atoms with van der Waals surface area (Å²) in [7, 11) is 0. The van der Waals surface area contributed by atoms with Crippen LogP contribution in [0.1, 0.15) is 78.6 Å². The van der Waals surface area contributed by atoms with Gasteiger partial charge in [0.25, 0.3) is 0 Å². The Kier molecular flexibility index (Phi) is 11.7. The molecule has 0 saturated carbocycles. The third-order valence-corrected chi connectivity index (χ3v) is 3.26. The highest BCUT2D eigenvalue weighted by Gasteiger charge is 2.10. The van der Waals surface area contributed by atoms with Gasteiger partial charge in [0.05, 0.1) is 0 Å². The molecule has 0 heterocycles. The Morgan fingerprint density at radius 1 is 1.00 bits per heavy atom. The molecule has 0 fully saturated rings. The van der Waals surface area contributed by atoms with Crippen molar-refractivity contribution >= 4 is 0 Å². The van der Waals surface area contributed by atoms with Crippen LogP contribution < -0.4 is 5.32 Å². The zero-order valence-corrected chi connectivity index (χ0v) is 12.1. The fourth-order valence-corrected chi connectivity index (χ4v) is 2.23. The molecule has 0 aliphatic rings. The summed E-state index contributed by atoms with van der Waals surface area (Å²) in [5.41, 5.74) is 0. The quantitative estimate of drug-likeness (QED) is 0.411. The number of unbranched alkanes of at least 4 members (excludes halogenated alkanes) is 4. The average Bonchev–Trinajstić information content (AvgIpc) is 2.29. The summed E-state index contributed by atoms with van der Waals surface area (Å²) in [6.07, 6.45) is 16.9. The monoisotopic (exact) mass is 237 g/mol. The van der Waals surface area contributed by atoms with Crippen LogP contribution in [0.3, 0.4) is 0 Å². The van der Waals surface area contributed by atoms with Gasteiger partial charge in [-0.2, -0.15) is 0 Å². The fourth-order valence-electron chi connectivity index (χ4n) is 2.23. The second kappa shape index (κ2) is 12.0. The van der Waals surface area contributed by atoms with E-state index in [4.69, 9.17) is 6.42 Å². The molecule has 0 bridgehead atoms. The Morgan fingerprint density at radius 2 is 1.53 bits per heavy atom. The highest BCUT2D eigenvalue weighted by Crippen LogP contribution is 2.12. The van der Waals surface area contributed by atoms with Crippen molar-refractivity contribution in [2.45, 2.75) is 90.6 Å². The molecule has 17 heavy (non-hydrogen) atoms. The zero-order valence-electron chi connectivity index (χ0n) is 12.1. The van der Waals surface area contributed by atoms with E-state index in [1.165, 1.54) is 51.4 Å². The second-order valence-electron chi connectivity index (χ2n) is 5.16. The normalized spacial score (nSPS) is 12.6. The first-order chi connectivity index (χ1) is 8.24. The van der Waals surface area contributed by atoms with Gasteiger partial charge in [0.2, 0.25) is 0 Å². The van der Waals surface area contributed by atoms with Crippen molar-refractivity contribution in [1.29, 1.82) is 0 Å². The molecule has 0 rings (SSSR count). The highest BCUT2D eigenvalue weighted by atomic mass is 14.9. The maximum atomic E-state index is 5.36. The van der Waals surface area contributed by atoms with Gasteiger partial charge in [-0.05, 0) is 19.8 Å². The number of hydrogen-bond acceptors (Lipinski definition) is 1. The van der Waals surface area contributed by atoms with Crippen molar-refractivity contribution in [2.75, 3.05) is 0 Å². The fraction of sp³-hybridized carbons (Fsp3) is 0.875. The van der Waals surface area contributed by atoms with Crippen molar-refractivity contribution in [1.82, 2.24) is 5.32 Å². The number of nitrogens with one attached hydrogen (secondary N) is 1. The summed E-state index contributed by atoms with van der Waals surface area (Å²) in [5.74, 6) is 2.74. The van der Waals surface area contributed by atoms with Crippen LogP contribution in [-0.4, -0.2) is 12.1 Å². The molecular weight excluding hydrogens is 206 g/mol. The summed E-state index contributed by atoms with van der Waals surface area (Å²) < 4.78 is 0. The van der Waals surface area contributed by atoms with Crippen LogP contribution in [-0.2, 0) is 0 Å². The average molecular weight is 237 g/mol. The molecule has 1 N–H and O–H groups in total. The van der Waals surface area contributed by atoms with E-state index < -0.39 is 0 Å². The van der Waals surface area contributed by atoms with Crippen molar-refractivity contribution < 1.29 is 0 Å². The van der Waals surface area contributed by atoms with Crippen LogP contribution in [0.25, 0.3) is 0 Å². The third kappa shape index (κ3) is 10.4. The summed E-state index contributed by atoms with van der Waals surface area (Å²) in [5, 5.41) is 3.69. The van der Waals surface area contributed by atoms with Crippen molar-refractivity contribution in [3.8, 4) is 12.3 Å². The minimum Gasteiger partial charge on any atom is -0.311 e. The van der Waals surface area contributed by atoms with Crippen LogP contribution in [0.2, 0.25) is 0 Å². The molecule has 0 saturated heterocycles. The van der Waals surface area contributed by atoms with Crippen LogP contribution in [0.5, 0.6) is 0 Å². The van der Waals surface area contributed by atoms with Gasteiger partial charge in [0, 0.05) is 18.5 Å². The maximum Gasteiger partial charge on any atom is 0.0238 e. The van der Waals surface area contributed by atoms with E-state index in [0.29, 0.717) is 12.1 Å². The van der Waals surface area contributed by atoms with Gasteiger partial charge in [0.1, 0.15) is 0 Å². The van der Waals surface area contributed by atoms with Gasteiger partial charge in [-0.25, -0.2) is 0 Å². The summed E-state index contributed by atoms with van der Waals surface area (Å²) in [4.78, 5) is 0.